The second-order valence-electron chi connectivity index (χ2n) is 3.52. The lowest BCUT2D eigenvalue weighted by molar-refractivity contribution is 0.638. The first-order valence-electron chi connectivity index (χ1n) is 4.87. The van der Waals surface area contributed by atoms with E-state index in [9.17, 15) is 4.39 Å². The Morgan fingerprint density at radius 3 is 2.40 bits per heavy atom. The van der Waals surface area contributed by atoms with Crippen LogP contribution >= 0.6 is 0 Å². The van der Waals surface area contributed by atoms with E-state index in [1.54, 1.807) is 12.1 Å². The van der Waals surface area contributed by atoms with Crippen LogP contribution < -0.4 is 11.5 Å². The molecule has 0 aliphatic carbocycles. The van der Waals surface area contributed by atoms with Gasteiger partial charge in [0.25, 0.3) is 0 Å². The zero-order valence-corrected chi connectivity index (χ0v) is 8.28. The fourth-order valence-electron chi connectivity index (χ4n) is 1.74. The van der Waals surface area contributed by atoms with Gasteiger partial charge in [-0.05, 0) is 17.0 Å². The number of rotatable bonds is 2. The molecule has 2 nitrogen and oxygen atoms in total. The molecule has 0 aliphatic rings. The van der Waals surface area contributed by atoms with Crippen LogP contribution in [0.5, 0.6) is 0 Å². The topological polar surface area (TPSA) is 52.0 Å². The minimum absolute atomic E-state index is 0.224. The summed E-state index contributed by atoms with van der Waals surface area (Å²) in [6.45, 7) is 0.357. The van der Waals surface area contributed by atoms with Gasteiger partial charge in [-0.15, -0.1) is 0 Å². The molecule has 0 aliphatic heterocycles. The molecule has 0 radical (unpaired) electrons. The molecular formula is C12H13FN2. The Balaban J connectivity index is 2.71. The van der Waals surface area contributed by atoms with E-state index >= 15 is 0 Å². The van der Waals surface area contributed by atoms with Crippen LogP contribution in [0.1, 0.15) is 11.6 Å². The Labute approximate surface area is 87.7 Å². The molecule has 78 valence electrons. The van der Waals surface area contributed by atoms with Crippen LogP contribution in [0, 0.1) is 5.82 Å². The Morgan fingerprint density at radius 2 is 1.73 bits per heavy atom. The summed E-state index contributed by atoms with van der Waals surface area (Å²) in [5.41, 5.74) is 12.3. The Morgan fingerprint density at radius 1 is 1.07 bits per heavy atom. The van der Waals surface area contributed by atoms with E-state index in [1.807, 2.05) is 18.2 Å². The van der Waals surface area contributed by atoms with Gasteiger partial charge in [0.05, 0.1) is 0 Å². The molecule has 0 bridgehead atoms. The van der Waals surface area contributed by atoms with E-state index in [4.69, 9.17) is 11.5 Å². The number of halogens is 1. The molecule has 0 fully saturated rings. The van der Waals surface area contributed by atoms with Crippen LogP contribution in [0.4, 0.5) is 4.39 Å². The standard InChI is InChI=1S/C12H13FN2/c13-11-6-5-10(12(15)7-14)8-3-1-2-4-9(8)11/h1-6,12H,7,14-15H2/t12-/m1/s1. The van der Waals surface area contributed by atoms with Crippen LogP contribution in [0.25, 0.3) is 10.8 Å². The molecular weight excluding hydrogens is 191 g/mol. The predicted octanol–water partition coefficient (Wildman–Crippen LogP) is 1.94. The van der Waals surface area contributed by atoms with Gasteiger partial charge in [-0.2, -0.15) is 0 Å². The average molecular weight is 204 g/mol. The van der Waals surface area contributed by atoms with E-state index < -0.39 is 0 Å². The molecule has 0 saturated carbocycles. The summed E-state index contributed by atoms with van der Waals surface area (Å²) in [6.07, 6.45) is 0. The van der Waals surface area contributed by atoms with Gasteiger partial charge in [-0.25, -0.2) is 4.39 Å². The summed E-state index contributed by atoms with van der Waals surface area (Å²) in [4.78, 5) is 0. The highest BCUT2D eigenvalue weighted by Crippen LogP contribution is 2.24. The summed E-state index contributed by atoms with van der Waals surface area (Å²) in [6, 6.07) is 10.2. The number of benzene rings is 2. The second-order valence-corrected chi connectivity index (χ2v) is 3.52. The maximum Gasteiger partial charge on any atom is 0.131 e. The zero-order chi connectivity index (χ0) is 10.8. The third kappa shape index (κ3) is 1.71. The number of nitrogens with two attached hydrogens (primary N) is 2. The van der Waals surface area contributed by atoms with Crippen LogP contribution in [-0.4, -0.2) is 6.54 Å². The molecule has 0 heterocycles. The third-order valence-electron chi connectivity index (χ3n) is 2.56. The largest absolute Gasteiger partial charge is 0.329 e. The Hall–Kier alpha value is -1.45. The van der Waals surface area contributed by atoms with Crippen molar-refractivity contribution in [1.82, 2.24) is 0 Å². The van der Waals surface area contributed by atoms with Gasteiger partial charge < -0.3 is 11.5 Å². The van der Waals surface area contributed by atoms with Gasteiger partial charge in [0.2, 0.25) is 0 Å². The first-order chi connectivity index (χ1) is 7.24. The molecule has 0 aromatic heterocycles. The van der Waals surface area contributed by atoms with Gasteiger partial charge in [-0.1, -0.05) is 30.3 Å². The Kier molecular flexibility index (Phi) is 2.66. The van der Waals surface area contributed by atoms with Crippen molar-refractivity contribution in [2.75, 3.05) is 6.54 Å². The van der Waals surface area contributed by atoms with Crippen molar-refractivity contribution in [2.24, 2.45) is 11.5 Å². The summed E-state index contributed by atoms with van der Waals surface area (Å²) in [5, 5.41) is 1.44. The van der Waals surface area contributed by atoms with Crippen LogP contribution in [0.3, 0.4) is 0 Å². The first kappa shape index (κ1) is 10.1. The summed E-state index contributed by atoms with van der Waals surface area (Å²) in [7, 11) is 0. The molecule has 15 heavy (non-hydrogen) atoms. The highest BCUT2D eigenvalue weighted by molar-refractivity contribution is 5.86. The van der Waals surface area contributed by atoms with Crippen molar-refractivity contribution in [2.45, 2.75) is 6.04 Å². The van der Waals surface area contributed by atoms with Crippen molar-refractivity contribution < 1.29 is 4.39 Å². The maximum atomic E-state index is 13.5. The predicted molar refractivity (Wildman–Crippen MR) is 59.9 cm³/mol. The minimum atomic E-state index is -0.240. The maximum absolute atomic E-state index is 13.5. The molecule has 4 N–H and O–H groups in total. The molecule has 0 unspecified atom stereocenters. The normalized spacial score (nSPS) is 13.0. The molecule has 2 aromatic rings. The highest BCUT2D eigenvalue weighted by Gasteiger charge is 2.10. The molecule has 0 amide bonds. The lowest BCUT2D eigenvalue weighted by Gasteiger charge is -2.12. The fourth-order valence-corrected chi connectivity index (χ4v) is 1.74. The number of hydrogen-bond donors (Lipinski definition) is 2. The van der Waals surface area contributed by atoms with Crippen molar-refractivity contribution in [3.63, 3.8) is 0 Å². The lowest BCUT2D eigenvalue weighted by atomic mass is 9.99. The average Bonchev–Trinajstić information content (AvgIpc) is 2.29. The molecule has 0 saturated heterocycles. The van der Waals surface area contributed by atoms with Gasteiger partial charge in [-0.3, -0.25) is 0 Å². The molecule has 2 rings (SSSR count). The van der Waals surface area contributed by atoms with Gasteiger partial charge in [0.15, 0.2) is 0 Å². The van der Waals surface area contributed by atoms with E-state index in [0.717, 1.165) is 10.9 Å². The summed E-state index contributed by atoms with van der Waals surface area (Å²) >= 11 is 0. The van der Waals surface area contributed by atoms with E-state index in [0.29, 0.717) is 11.9 Å². The SMILES string of the molecule is NC[C@@H](N)c1ccc(F)c2ccccc12. The highest BCUT2D eigenvalue weighted by atomic mass is 19.1. The van der Waals surface area contributed by atoms with E-state index in [2.05, 4.69) is 0 Å². The van der Waals surface area contributed by atoms with E-state index in [1.165, 1.54) is 6.07 Å². The molecule has 2 aromatic carbocycles. The van der Waals surface area contributed by atoms with Gasteiger partial charge in [0, 0.05) is 18.0 Å². The molecule has 3 heteroatoms. The van der Waals surface area contributed by atoms with Crippen molar-refractivity contribution in [3.8, 4) is 0 Å². The number of hydrogen-bond acceptors (Lipinski definition) is 2. The number of fused-ring (bicyclic) bond motifs is 1. The van der Waals surface area contributed by atoms with Crippen molar-refractivity contribution in [1.29, 1.82) is 0 Å². The minimum Gasteiger partial charge on any atom is -0.329 e. The molecule has 1 atom stereocenters. The first-order valence-corrected chi connectivity index (χ1v) is 4.87. The van der Waals surface area contributed by atoms with Crippen molar-refractivity contribution in [3.05, 3.63) is 47.8 Å². The fraction of sp³-hybridized carbons (Fsp3) is 0.167. The zero-order valence-electron chi connectivity index (χ0n) is 8.28. The van der Waals surface area contributed by atoms with E-state index in [-0.39, 0.29) is 11.9 Å². The van der Waals surface area contributed by atoms with Crippen LogP contribution in [0.15, 0.2) is 36.4 Å². The quantitative estimate of drug-likeness (QED) is 0.785. The Bertz CT molecular complexity index is 482. The second kappa shape index (κ2) is 3.96. The third-order valence-corrected chi connectivity index (χ3v) is 2.56. The van der Waals surface area contributed by atoms with Crippen molar-refractivity contribution >= 4 is 10.8 Å². The van der Waals surface area contributed by atoms with Crippen LogP contribution in [0.2, 0.25) is 0 Å². The van der Waals surface area contributed by atoms with Crippen LogP contribution in [-0.2, 0) is 0 Å². The van der Waals surface area contributed by atoms with Gasteiger partial charge >= 0.3 is 0 Å². The summed E-state index contributed by atoms with van der Waals surface area (Å²) < 4.78 is 13.5. The summed E-state index contributed by atoms with van der Waals surface area (Å²) in [5.74, 6) is -0.224. The monoisotopic (exact) mass is 204 g/mol. The molecule has 0 spiro atoms. The lowest BCUT2D eigenvalue weighted by Crippen LogP contribution is -2.21. The van der Waals surface area contributed by atoms with Gasteiger partial charge in [0.1, 0.15) is 5.82 Å². The smallest absolute Gasteiger partial charge is 0.131 e.